The van der Waals surface area contributed by atoms with E-state index in [1.807, 2.05) is 18.9 Å². The highest BCUT2D eigenvalue weighted by Crippen LogP contribution is 2.21. The third-order valence-electron chi connectivity index (χ3n) is 2.91. The van der Waals surface area contributed by atoms with Crippen LogP contribution in [0.1, 0.15) is 18.9 Å². The molecule has 0 bridgehead atoms. The Morgan fingerprint density at radius 2 is 2.05 bits per heavy atom. The Morgan fingerprint density at radius 3 is 2.58 bits per heavy atom. The van der Waals surface area contributed by atoms with Crippen molar-refractivity contribution in [1.82, 2.24) is 14.9 Å². The molecule has 0 spiro atoms. The van der Waals surface area contributed by atoms with Crippen molar-refractivity contribution >= 4 is 17.5 Å². The second kappa shape index (κ2) is 6.92. The van der Waals surface area contributed by atoms with Crippen LogP contribution in [0.25, 0.3) is 0 Å². The highest BCUT2D eigenvalue weighted by molar-refractivity contribution is 5.81. The lowest BCUT2D eigenvalue weighted by Crippen LogP contribution is -2.38. The van der Waals surface area contributed by atoms with Crippen molar-refractivity contribution in [3.8, 4) is 0 Å². The molecule has 1 heterocycles. The Bertz CT molecular complexity index is 433. The van der Waals surface area contributed by atoms with Gasteiger partial charge in [-0.3, -0.25) is 4.79 Å². The normalized spacial score (nSPS) is 10.2. The minimum atomic E-state index is 0.0671. The van der Waals surface area contributed by atoms with Gasteiger partial charge in [-0.15, -0.1) is 0 Å². The molecule has 1 rings (SSSR count). The first-order chi connectivity index (χ1) is 9.01. The van der Waals surface area contributed by atoms with E-state index in [2.05, 4.69) is 22.2 Å². The van der Waals surface area contributed by atoms with Crippen molar-refractivity contribution in [2.24, 2.45) is 0 Å². The Labute approximate surface area is 114 Å². The van der Waals surface area contributed by atoms with Crippen LogP contribution in [0.5, 0.6) is 0 Å². The first-order valence-electron chi connectivity index (χ1n) is 6.45. The van der Waals surface area contributed by atoms with Crippen molar-refractivity contribution in [3.63, 3.8) is 0 Å². The van der Waals surface area contributed by atoms with E-state index in [1.165, 1.54) is 6.33 Å². The number of rotatable bonds is 6. The van der Waals surface area contributed by atoms with Gasteiger partial charge in [-0.2, -0.15) is 0 Å². The van der Waals surface area contributed by atoms with Crippen molar-refractivity contribution in [2.75, 3.05) is 44.4 Å². The molecule has 0 aliphatic carbocycles. The summed E-state index contributed by atoms with van der Waals surface area (Å²) >= 11 is 0. The van der Waals surface area contributed by atoms with E-state index in [-0.39, 0.29) is 5.91 Å². The second-order valence-corrected chi connectivity index (χ2v) is 4.63. The maximum atomic E-state index is 11.9. The van der Waals surface area contributed by atoms with Gasteiger partial charge in [-0.25, -0.2) is 9.97 Å². The van der Waals surface area contributed by atoms with Gasteiger partial charge in [0, 0.05) is 33.3 Å². The highest BCUT2D eigenvalue weighted by Gasteiger charge is 2.17. The van der Waals surface area contributed by atoms with Crippen LogP contribution in [0.3, 0.4) is 0 Å². The number of hydrogen-bond donors (Lipinski definition) is 1. The first-order valence-corrected chi connectivity index (χ1v) is 6.45. The fourth-order valence-corrected chi connectivity index (χ4v) is 1.85. The maximum absolute atomic E-state index is 11.9. The first kappa shape index (κ1) is 15.2. The average Bonchev–Trinajstić information content (AvgIpc) is 2.38. The summed E-state index contributed by atoms with van der Waals surface area (Å²) in [6, 6.07) is 0. The van der Waals surface area contributed by atoms with Gasteiger partial charge in [-0.1, -0.05) is 6.92 Å². The van der Waals surface area contributed by atoms with Crippen molar-refractivity contribution in [2.45, 2.75) is 20.3 Å². The van der Waals surface area contributed by atoms with Crippen LogP contribution in [0, 0.1) is 6.92 Å². The van der Waals surface area contributed by atoms with E-state index < -0.39 is 0 Å². The summed E-state index contributed by atoms with van der Waals surface area (Å²) in [6.45, 7) is 5.18. The summed E-state index contributed by atoms with van der Waals surface area (Å²) in [4.78, 5) is 24.0. The number of nitrogens with one attached hydrogen (secondary N) is 1. The molecular formula is C13H23N5O. The van der Waals surface area contributed by atoms with Gasteiger partial charge in [0.1, 0.15) is 18.0 Å². The van der Waals surface area contributed by atoms with Crippen LogP contribution >= 0.6 is 0 Å². The van der Waals surface area contributed by atoms with E-state index in [0.717, 1.165) is 30.2 Å². The summed E-state index contributed by atoms with van der Waals surface area (Å²) in [5, 5.41) is 3.04. The third kappa shape index (κ3) is 3.81. The molecule has 0 aliphatic heterocycles. The van der Waals surface area contributed by atoms with E-state index in [0.29, 0.717) is 6.54 Å². The zero-order chi connectivity index (χ0) is 14.4. The average molecular weight is 265 g/mol. The number of nitrogens with zero attached hydrogens (tertiary/aromatic N) is 4. The van der Waals surface area contributed by atoms with Crippen LogP contribution in [0.15, 0.2) is 6.33 Å². The monoisotopic (exact) mass is 265 g/mol. The Hall–Kier alpha value is -1.85. The number of likely N-dealkylation sites (N-methyl/N-ethyl adjacent to an activating group) is 1. The molecule has 19 heavy (non-hydrogen) atoms. The van der Waals surface area contributed by atoms with E-state index in [1.54, 1.807) is 19.0 Å². The third-order valence-corrected chi connectivity index (χ3v) is 2.91. The number of aromatic nitrogens is 2. The van der Waals surface area contributed by atoms with E-state index in [9.17, 15) is 4.79 Å². The standard InChI is InChI=1S/C13H23N5O/c1-6-7-18(8-11(19)17(4)5)13-10(2)12(14-3)15-9-16-13/h9H,6-8H2,1-5H3,(H,14,15,16). The molecule has 106 valence electrons. The molecule has 0 saturated carbocycles. The molecule has 0 unspecified atom stereocenters. The molecule has 1 aromatic rings. The summed E-state index contributed by atoms with van der Waals surface area (Å²) in [5.74, 6) is 1.68. The minimum absolute atomic E-state index is 0.0671. The molecule has 0 radical (unpaired) electrons. The second-order valence-electron chi connectivity index (χ2n) is 4.63. The lowest BCUT2D eigenvalue weighted by Gasteiger charge is -2.26. The van der Waals surface area contributed by atoms with Crippen LogP contribution in [0.4, 0.5) is 11.6 Å². The minimum Gasteiger partial charge on any atom is -0.373 e. The number of amides is 1. The van der Waals surface area contributed by atoms with E-state index in [4.69, 9.17) is 0 Å². The van der Waals surface area contributed by atoms with Crippen LogP contribution in [0.2, 0.25) is 0 Å². The molecule has 0 atom stereocenters. The fraction of sp³-hybridized carbons (Fsp3) is 0.615. The molecule has 0 saturated heterocycles. The zero-order valence-corrected chi connectivity index (χ0v) is 12.4. The summed E-state index contributed by atoms with van der Waals surface area (Å²) in [5.41, 5.74) is 0.963. The molecule has 0 aromatic carbocycles. The van der Waals surface area contributed by atoms with Gasteiger partial charge in [0.2, 0.25) is 5.91 Å². The van der Waals surface area contributed by atoms with Gasteiger partial charge < -0.3 is 15.1 Å². The van der Waals surface area contributed by atoms with Crippen molar-refractivity contribution < 1.29 is 4.79 Å². The number of anilines is 2. The van der Waals surface area contributed by atoms with Crippen LogP contribution in [-0.2, 0) is 4.79 Å². The Balaban J connectivity index is 3.02. The Kier molecular flexibility index (Phi) is 5.54. The van der Waals surface area contributed by atoms with Gasteiger partial charge in [-0.05, 0) is 13.3 Å². The Morgan fingerprint density at radius 1 is 1.37 bits per heavy atom. The summed E-state index contributed by atoms with van der Waals surface area (Å²) < 4.78 is 0. The number of carbonyl (C=O) groups is 1. The predicted molar refractivity (Wildman–Crippen MR) is 77.5 cm³/mol. The number of carbonyl (C=O) groups excluding carboxylic acids is 1. The molecule has 6 nitrogen and oxygen atoms in total. The fourth-order valence-electron chi connectivity index (χ4n) is 1.85. The number of hydrogen-bond acceptors (Lipinski definition) is 5. The summed E-state index contributed by atoms with van der Waals surface area (Å²) in [6.07, 6.45) is 2.48. The van der Waals surface area contributed by atoms with Gasteiger partial charge >= 0.3 is 0 Å². The van der Waals surface area contributed by atoms with Crippen LogP contribution in [-0.4, -0.2) is 55.0 Å². The molecule has 0 fully saturated rings. The smallest absolute Gasteiger partial charge is 0.241 e. The molecule has 6 heteroatoms. The SMILES string of the molecule is CCCN(CC(=O)N(C)C)c1ncnc(NC)c1C. The molecule has 0 aliphatic rings. The van der Waals surface area contributed by atoms with Gasteiger partial charge in [0.25, 0.3) is 0 Å². The highest BCUT2D eigenvalue weighted by atomic mass is 16.2. The quantitative estimate of drug-likeness (QED) is 0.835. The van der Waals surface area contributed by atoms with Gasteiger partial charge in [0.15, 0.2) is 0 Å². The van der Waals surface area contributed by atoms with Crippen molar-refractivity contribution in [3.05, 3.63) is 11.9 Å². The molecular weight excluding hydrogens is 242 g/mol. The van der Waals surface area contributed by atoms with E-state index >= 15 is 0 Å². The van der Waals surface area contributed by atoms with Crippen molar-refractivity contribution in [1.29, 1.82) is 0 Å². The molecule has 1 amide bonds. The topological polar surface area (TPSA) is 61.4 Å². The summed E-state index contributed by atoms with van der Waals surface area (Å²) in [7, 11) is 5.35. The lowest BCUT2D eigenvalue weighted by atomic mass is 10.2. The molecule has 1 N–H and O–H groups in total. The predicted octanol–water partition coefficient (Wildman–Crippen LogP) is 1.13. The van der Waals surface area contributed by atoms with Gasteiger partial charge in [0.05, 0.1) is 6.54 Å². The molecule has 1 aromatic heterocycles. The zero-order valence-electron chi connectivity index (χ0n) is 12.4. The van der Waals surface area contributed by atoms with Crippen LogP contribution < -0.4 is 10.2 Å². The largest absolute Gasteiger partial charge is 0.373 e. The maximum Gasteiger partial charge on any atom is 0.241 e. The lowest BCUT2D eigenvalue weighted by molar-refractivity contribution is -0.127.